The third-order valence-electron chi connectivity index (χ3n) is 5.54. The summed E-state index contributed by atoms with van der Waals surface area (Å²) in [4.78, 5) is 32.0. The van der Waals surface area contributed by atoms with Crippen molar-refractivity contribution in [2.75, 3.05) is 40.0 Å². The summed E-state index contributed by atoms with van der Waals surface area (Å²) in [5, 5.41) is 0. The molecular formula is C25H44NO7P. The zero-order valence-corrected chi connectivity index (χ0v) is 21.8. The first-order valence-electron chi connectivity index (χ1n) is 12.5. The van der Waals surface area contributed by atoms with Crippen LogP contribution in [0.1, 0.15) is 76.7 Å². The monoisotopic (exact) mass is 501 g/mol. The van der Waals surface area contributed by atoms with Gasteiger partial charge in [0.25, 0.3) is 0 Å². The number of methoxy groups -OCH3 is 1. The molecular weight excluding hydrogens is 457 g/mol. The third-order valence-corrected chi connectivity index (χ3v) is 6.06. The molecule has 0 saturated carbocycles. The molecule has 0 saturated heterocycles. The number of nitrogens with zero attached hydrogens (tertiary/aromatic N) is 1. The number of aryl methyl sites for hydroxylation is 1. The summed E-state index contributed by atoms with van der Waals surface area (Å²) in [6.45, 7) is 3.78. The van der Waals surface area contributed by atoms with E-state index in [9.17, 15) is 9.36 Å². The number of hydrogen-bond donors (Lipinski definition) is 2. The Bertz CT molecular complexity index is 710. The van der Waals surface area contributed by atoms with Gasteiger partial charge in [0.15, 0.2) is 0 Å². The van der Waals surface area contributed by atoms with Crippen molar-refractivity contribution in [2.24, 2.45) is 0 Å². The second-order valence-electron chi connectivity index (χ2n) is 8.52. The lowest BCUT2D eigenvalue weighted by Crippen LogP contribution is -2.35. The van der Waals surface area contributed by atoms with Crippen LogP contribution in [0.25, 0.3) is 0 Å². The highest BCUT2D eigenvalue weighted by Gasteiger charge is 2.17. The molecule has 1 aromatic carbocycles. The number of carbonyl (C=O) groups excluding carboxylic acids is 1. The maximum atomic E-state index is 12.7. The molecule has 0 bridgehead atoms. The second-order valence-corrected chi connectivity index (χ2v) is 9.76. The van der Waals surface area contributed by atoms with Gasteiger partial charge in [-0.05, 0) is 37.0 Å². The van der Waals surface area contributed by atoms with Gasteiger partial charge in [-0.15, -0.1) is 0 Å². The van der Waals surface area contributed by atoms with Crippen molar-refractivity contribution in [3.8, 4) is 5.75 Å². The fourth-order valence-corrected chi connectivity index (χ4v) is 3.98. The zero-order valence-electron chi connectivity index (χ0n) is 21.0. The van der Waals surface area contributed by atoms with Crippen molar-refractivity contribution < 1.29 is 33.1 Å². The van der Waals surface area contributed by atoms with Crippen LogP contribution in [-0.4, -0.2) is 60.6 Å². The maximum absolute atomic E-state index is 12.7. The number of ether oxygens (including phenoxy) is 2. The molecule has 0 atom stereocenters. The fraction of sp³-hybridized carbons (Fsp3) is 0.720. The smallest absolute Gasteiger partial charge is 0.469 e. The molecule has 2 N–H and O–H groups in total. The summed E-state index contributed by atoms with van der Waals surface area (Å²) in [5.41, 5.74) is 1.02. The van der Waals surface area contributed by atoms with Gasteiger partial charge in [0.2, 0.25) is 5.91 Å². The SMILES string of the molecule is CCCCCCCCCCOc1cccc(CCC(=O)N(CCCOC)CCOP(=O)(O)O)c1. The molecule has 8 nitrogen and oxygen atoms in total. The predicted octanol–water partition coefficient (Wildman–Crippen LogP) is 5.11. The second kappa shape index (κ2) is 18.8. The van der Waals surface area contributed by atoms with E-state index in [4.69, 9.17) is 19.3 Å². The Morgan fingerprint density at radius 2 is 1.65 bits per heavy atom. The highest BCUT2D eigenvalue weighted by Crippen LogP contribution is 2.35. The number of amides is 1. The van der Waals surface area contributed by atoms with Crippen molar-refractivity contribution in [3.05, 3.63) is 29.8 Å². The number of rotatable bonds is 21. The minimum atomic E-state index is -4.55. The Morgan fingerprint density at radius 3 is 2.32 bits per heavy atom. The van der Waals surface area contributed by atoms with Gasteiger partial charge < -0.3 is 24.2 Å². The van der Waals surface area contributed by atoms with Crippen LogP contribution in [0, 0.1) is 0 Å². The highest BCUT2D eigenvalue weighted by atomic mass is 31.2. The quantitative estimate of drug-likeness (QED) is 0.178. The fourth-order valence-electron chi connectivity index (χ4n) is 3.66. The normalized spacial score (nSPS) is 11.5. The number of phosphoric ester groups is 1. The van der Waals surface area contributed by atoms with Gasteiger partial charge in [0.05, 0.1) is 13.2 Å². The van der Waals surface area contributed by atoms with Gasteiger partial charge in [-0.1, -0.05) is 64.0 Å². The van der Waals surface area contributed by atoms with Gasteiger partial charge in [0, 0.05) is 33.2 Å². The topological polar surface area (TPSA) is 106 Å². The van der Waals surface area contributed by atoms with Crippen LogP contribution in [0.4, 0.5) is 0 Å². The molecule has 0 aliphatic rings. The summed E-state index contributed by atoms with van der Waals surface area (Å²) in [6, 6.07) is 7.83. The number of hydrogen-bond acceptors (Lipinski definition) is 5. The Labute approximate surface area is 205 Å². The van der Waals surface area contributed by atoms with E-state index in [0.717, 1.165) is 17.7 Å². The first-order valence-corrected chi connectivity index (χ1v) is 14.1. The van der Waals surface area contributed by atoms with E-state index in [-0.39, 0.29) is 19.1 Å². The molecule has 0 heterocycles. The summed E-state index contributed by atoms with van der Waals surface area (Å²) in [5.74, 6) is 0.732. The predicted molar refractivity (Wildman–Crippen MR) is 134 cm³/mol. The standard InChI is InChI=1S/C25H44NO7P/c1-3-4-5-6-7-8-9-10-20-32-24-14-11-13-23(22-24)15-16-25(27)26(17-12-19-31-2)18-21-33-34(28,29)30/h11,13-14,22H,3-10,12,15-21H2,1-2H3,(H2,28,29,30). The molecule has 0 aliphatic heterocycles. The van der Waals surface area contributed by atoms with Crippen LogP contribution in [0.3, 0.4) is 0 Å². The van der Waals surface area contributed by atoms with Crippen molar-refractivity contribution in [2.45, 2.75) is 77.6 Å². The van der Waals surface area contributed by atoms with E-state index in [0.29, 0.717) is 39.0 Å². The maximum Gasteiger partial charge on any atom is 0.469 e. The Kier molecular flexibility index (Phi) is 16.9. The molecule has 0 aromatic heterocycles. The van der Waals surface area contributed by atoms with Crippen LogP contribution in [0.15, 0.2) is 24.3 Å². The number of benzene rings is 1. The van der Waals surface area contributed by atoms with E-state index in [2.05, 4.69) is 11.4 Å². The largest absolute Gasteiger partial charge is 0.494 e. The molecule has 1 rings (SSSR count). The molecule has 0 radical (unpaired) electrons. The van der Waals surface area contributed by atoms with Crippen LogP contribution in [-0.2, 0) is 25.0 Å². The number of unbranched alkanes of at least 4 members (excludes halogenated alkanes) is 7. The molecule has 1 amide bonds. The molecule has 196 valence electrons. The van der Waals surface area contributed by atoms with Crippen LogP contribution < -0.4 is 4.74 Å². The van der Waals surface area contributed by atoms with Crippen LogP contribution in [0.5, 0.6) is 5.75 Å². The lowest BCUT2D eigenvalue weighted by atomic mass is 10.1. The molecule has 0 aliphatic carbocycles. The van der Waals surface area contributed by atoms with Gasteiger partial charge in [-0.3, -0.25) is 9.32 Å². The van der Waals surface area contributed by atoms with Gasteiger partial charge in [0.1, 0.15) is 5.75 Å². The average Bonchev–Trinajstić information content (AvgIpc) is 2.80. The minimum Gasteiger partial charge on any atom is -0.494 e. The van der Waals surface area contributed by atoms with Crippen molar-refractivity contribution in [1.29, 1.82) is 0 Å². The van der Waals surface area contributed by atoms with E-state index in [1.165, 1.54) is 44.9 Å². The van der Waals surface area contributed by atoms with Crippen LogP contribution >= 0.6 is 7.82 Å². The summed E-state index contributed by atoms with van der Waals surface area (Å²) >= 11 is 0. The third kappa shape index (κ3) is 16.2. The number of carbonyl (C=O) groups is 1. The van der Waals surface area contributed by atoms with E-state index < -0.39 is 7.82 Å². The Balaban J connectivity index is 2.39. The first-order chi connectivity index (χ1) is 16.4. The van der Waals surface area contributed by atoms with E-state index >= 15 is 0 Å². The van der Waals surface area contributed by atoms with Crippen molar-refractivity contribution in [1.82, 2.24) is 4.90 Å². The molecule has 1 aromatic rings. The molecule has 0 unspecified atom stereocenters. The lowest BCUT2D eigenvalue weighted by Gasteiger charge is -2.23. The lowest BCUT2D eigenvalue weighted by molar-refractivity contribution is -0.131. The summed E-state index contributed by atoms with van der Waals surface area (Å²) in [6.07, 6.45) is 11.6. The first kappa shape index (κ1) is 30.6. The van der Waals surface area contributed by atoms with Crippen molar-refractivity contribution in [3.63, 3.8) is 0 Å². The minimum absolute atomic E-state index is 0.0873. The number of phosphoric acid groups is 1. The average molecular weight is 502 g/mol. The highest BCUT2D eigenvalue weighted by molar-refractivity contribution is 7.46. The Morgan fingerprint density at radius 1 is 0.941 bits per heavy atom. The van der Waals surface area contributed by atoms with Crippen molar-refractivity contribution >= 4 is 13.7 Å². The van der Waals surface area contributed by atoms with Gasteiger partial charge in [-0.25, -0.2) is 4.57 Å². The molecule has 0 spiro atoms. The molecule has 34 heavy (non-hydrogen) atoms. The summed E-state index contributed by atoms with van der Waals surface area (Å²) < 4.78 is 26.3. The molecule has 0 fully saturated rings. The molecule has 9 heteroatoms. The van der Waals surface area contributed by atoms with Gasteiger partial charge >= 0.3 is 7.82 Å². The van der Waals surface area contributed by atoms with E-state index in [1.54, 1.807) is 12.0 Å². The van der Waals surface area contributed by atoms with Crippen LogP contribution in [0.2, 0.25) is 0 Å². The summed E-state index contributed by atoms with van der Waals surface area (Å²) in [7, 11) is -2.96. The zero-order chi connectivity index (χ0) is 25.1. The Hall–Kier alpha value is -1.44. The van der Waals surface area contributed by atoms with E-state index in [1.807, 2.05) is 24.3 Å². The van der Waals surface area contributed by atoms with Gasteiger partial charge in [-0.2, -0.15) is 0 Å².